The molecule has 0 radical (unpaired) electrons. The molecule has 1 atom stereocenters. The van der Waals surface area contributed by atoms with Crippen LogP contribution in [-0.4, -0.2) is 32.2 Å². The van der Waals surface area contributed by atoms with Gasteiger partial charge < -0.3 is 5.32 Å². The van der Waals surface area contributed by atoms with Crippen LogP contribution in [0, 0.1) is 0 Å². The average Bonchev–Trinajstić information content (AvgIpc) is 2.86. The molecular formula is C16H11ClF3N3O4S. The fourth-order valence-electron chi connectivity index (χ4n) is 2.56. The third kappa shape index (κ3) is 3.32. The first kappa shape index (κ1) is 20.1. The molecule has 0 bridgehead atoms. The number of rotatable bonds is 4. The highest BCUT2D eigenvalue weighted by molar-refractivity contribution is 7.89. The van der Waals surface area contributed by atoms with Crippen LogP contribution in [0.2, 0.25) is 5.02 Å². The Balaban J connectivity index is 2.09. The van der Waals surface area contributed by atoms with Crippen LogP contribution < -0.4 is 14.9 Å². The molecule has 0 spiro atoms. The molecule has 1 saturated heterocycles. The van der Waals surface area contributed by atoms with E-state index in [1.54, 1.807) is 0 Å². The summed E-state index contributed by atoms with van der Waals surface area (Å²) in [6, 6.07) is 9.66. The summed E-state index contributed by atoms with van der Waals surface area (Å²) in [5.74, 6) is -1.85. The third-order valence-electron chi connectivity index (χ3n) is 3.85. The van der Waals surface area contributed by atoms with Crippen molar-refractivity contribution < 1.29 is 31.2 Å². The van der Waals surface area contributed by atoms with Gasteiger partial charge in [0, 0.05) is 5.02 Å². The summed E-state index contributed by atoms with van der Waals surface area (Å²) in [6.45, 7) is 0. The predicted octanol–water partition coefficient (Wildman–Crippen LogP) is 2.63. The molecule has 2 aromatic carbocycles. The van der Waals surface area contributed by atoms with Crippen molar-refractivity contribution in [3.8, 4) is 0 Å². The molecule has 3 rings (SSSR count). The van der Waals surface area contributed by atoms with Crippen LogP contribution in [-0.2, 0) is 14.8 Å². The number of imide groups is 1. The maximum Gasteiger partial charge on any atom is 0.435 e. The van der Waals surface area contributed by atoms with Gasteiger partial charge in [0.15, 0.2) is 0 Å². The van der Waals surface area contributed by atoms with Gasteiger partial charge in [0.2, 0.25) is 10.0 Å². The first-order valence-electron chi connectivity index (χ1n) is 7.56. The van der Waals surface area contributed by atoms with E-state index in [1.165, 1.54) is 46.4 Å². The monoisotopic (exact) mass is 433 g/mol. The SMILES string of the molecule is O=C1N[C@](NS(=O)(=O)c2ccccc2)(C(F)(F)F)C(=O)N1c1cccc(Cl)c1. The molecule has 0 aliphatic carbocycles. The zero-order chi connectivity index (χ0) is 20.7. The topological polar surface area (TPSA) is 95.6 Å². The van der Waals surface area contributed by atoms with Crippen LogP contribution in [0.15, 0.2) is 59.5 Å². The number of carbonyl (C=O) groups is 2. The molecule has 28 heavy (non-hydrogen) atoms. The van der Waals surface area contributed by atoms with Crippen molar-refractivity contribution in [2.75, 3.05) is 4.90 Å². The summed E-state index contributed by atoms with van der Waals surface area (Å²) in [4.78, 5) is 24.5. The van der Waals surface area contributed by atoms with E-state index in [9.17, 15) is 31.2 Å². The van der Waals surface area contributed by atoms with Gasteiger partial charge in [-0.3, -0.25) is 4.79 Å². The van der Waals surface area contributed by atoms with Crippen molar-refractivity contribution >= 4 is 39.2 Å². The number of nitrogens with zero attached hydrogens (tertiary/aromatic N) is 1. The molecule has 0 unspecified atom stereocenters. The highest BCUT2D eigenvalue weighted by atomic mass is 35.5. The van der Waals surface area contributed by atoms with E-state index in [1.807, 2.05) is 0 Å². The number of benzene rings is 2. The number of alkyl halides is 3. The maximum absolute atomic E-state index is 13.8. The molecule has 2 N–H and O–H groups in total. The summed E-state index contributed by atoms with van der Waals surface area (Å²) >= 11 is 5.76. The highest BCUT2D eigenvalue weighted by Crippen LogP contribution is 2.37. The lowest BCUT2D eigenvalue weighted by Gasteiger charge is -2.29. The van der Waals surface area contributed by atoms with Crippen LogP contribution in [0.25, 0.3) is 0 Å². The Morgan fingerprint density at radius 2 is 1.68 bits per heavy atom. The number of hydrogen-bond acceptors (Lipinski definition) is 4. The van der Waals surface area contributed by atoms with Gasteiger partial charge in [-0.25, -0.2) is 18.1 Å². The Hall–Kier alpha value is -2.63. The number of amides is 3. The second kappa shape index (κ2) is 6.76. The first-order valence-corrected chi connectivity index (χ1v) is 9.42. The molecule has 0 aromatic heterocycles. The lowest BCUT2D eigenvalue weighted by molar-refractivity contribution is -0.194. The van der Waals surface area contributed by atoms with E-state index in [2.05, 4.69) is 0 Å². The van der Waals surface area contributed by atoms with Gasteiger partial charge in [-0.1, -0.05) is 35.9 Å². The van der Waals surface area contributed by atoms with Crippen molar-refractivity contribution in [3.05, 3.63) is 59.6 Å². The smallest absolute Gasteiger partial charge is 0.302 e. The van der Waals surface area contributed by atoms with E-state index in [0.717, 1.165) is 18.2 Å². The van der Waals surface area contributed by atoms with E-state index < -0.39 is 38.7 Å². The molecular weight excluding hydrogens is 423 g/mol. The molecule has 0 saturated carbocycles. The number of carbonyl (C=O) groups excluding carboxylic acids is 2. The average molecular weight is 434 g/mol. The van der Waals surface area contributed by atoms with Crippen molar-refractivity contribution in [1.82, 2.24) is 10.0 Å². The standard InChI is InChI=1S/C16H11ClF3N3O4S/c17-10-5-4-6-11(9-10)23-13(24)15(16(18,19)20,21-14(23)25)22-28(26,27)12-7-2-1-3-8-12/h1-9,22H,(H,21,25)/t15-/m1/s1. The minimum absolute atomic E-state index is 0.0625. The first-order chi connectivity index (χ1) is 13.0. The fourth-order valence-corrected chi connectivity index (χ4v) is 4.03. The van der Waals surface area contributed by atoms with E-state index in [-0.39, 0.29) is 15.6 Å². The van der Waals surface area contributed by atoms with Crippen LogP contribution >= 0.6 is 11.6 Å². The lowest BCUT2D eigenvalue weighted by atomic mass is 10.1. The summed E-state index contributed by atoms with van der Waals surface area (Å²) in [5.41, 5.74) is -4.12. The molecule has 1 heterocycles. The van der Waals surface area contributed by atoms with Gasteiger partial charge in [-0.05, 0) is 30.3 Å². The van der Waals surface area contributed by atoms with Gasteiger partial charge in [-0.2, -0.15) is 17.9 Å². The summed E-state index contributed by atoms with van der Waals surface area (Å²) < 4.78 is 67.7. The molecule has 3 amide bonds. The van der Waals surface area contributed by atoms with Crippen LogP contribution in [0.5, 0.6) is 0 Å². The van der Waals surface area contributed by atoms with Gasteiger partial charge in [-0.15, -0.1) is 0 Å². The molecule has 7 nitrogen and oxygen atoms in total. The molecule has 12 heteroatoms. The minimum Gasteiger partial charge on any atom is -0.302 e. The summed E-state index contributed by atoms with van der Waals surface area (Å²) in [7, 11) is -4.81. The number of anilines is 1. The fraction of sp³-hybridized carbons (Fsp3) is 0.125. The van der Waals surface area contributed by atoms with Crippen molar-refractivity contribution in [1.29, 1.82) is 0 Å². The lowest BCUT2D eigenvalue weighted by Crippen LogP contribution is -2.69. The van der Waals surface area contributed by atoms with E-state index in [4.69, 9.17) is 11.6 Å². The molecule has 1 aliphatic rings. The van der Waals surface area contributed by atoms with Crippen LogP contribution in [0.1, 0.15) is 0 Å². The van der Waals surface area contributed by atoms with E-state index >= 15 is 0 Å². The van der Waals surface area contributed by atoms with Crippen LogP contribution in [0.4, 0.5) is 23.7 Å². The minimum atomic E-state index is -5.48. The summed E-state index contributed by atoms with van der Waals surface area (Å²) in [5, 5.41) is 1.49. The summed E-state index contributed by atoms with van der Waals surface area (Å²) in [6.07, 6.45) is -5.48. The Kier molecular flexibility index (Phi) is 4.86. The quantitative estimate of drug-likeness (QED) is 0.724. The highest BCUT2D eigenvalue weighted by Gasteiger charge is 2.69. The third-order valence-corrected chi connectivity index (χ3v) is 5.56. The Morgan fingerprint density at radius 3 is 2.25 bits per heavy atom. The van der Waals surface area contributed by atoms with Gasteiger partial charge in [0.05, 0.1) is 10.6 Å². The molecule has 2 aromatic rings. The Labute approximate surface area is 162 Å². The van der Waals surface area contributed by atoms with E-state index in [0.29, 0.717) is 0 Å². The Morgan fingerprint density at radius 1 is 1.04 bits per heavy atom. The second-order valence-corrected chi connectivity index (χ2v) is 7.84. The zero-order valence-electron chi connectivity index (χ0n) is 13.7. The number of hydrogen-bond donors (Lipinski definition) is 2. The largest absolute Gasteiger partial charge is 0.435 e. The number of urea groups is 1. The second-order valence-electron chi connectivity index (χ2n) is 5.72. The number of halogens is 4. The number of nitrogens with one attached hydrogen (secondary N) is 2. The number of sulfonamides is 1. The van der Waals surface area contributed by atoms with Crippen molar-refractivity contribution in [2.24, 2.45) is 0 Å². The van der Waals surface area contributed by atoms with Crippen LogP contribution in [0.3, 0.4) is 0 Å². The van der Waals surface area contributed by atoms with Crippen molar-refractivity contribution in [3.63, 3.8) is 0 Å². The zero-order valence-corrected chi connectivity index (χ0v) is 15.3. The normalized spacial score (nSPS) is 20.4. The van der Waals surface area contributed by atoms with Gasteiger partial charge in [0.25, 0.3) is 11.6 Å². The Bertz CT molecular complexity index is 1050. The van der Waals surface area contributed by atoms with Crippen molar-refractivity contribution in [2.45, 2.75) is 16.7 Å². The van der Waals surface area contributed by atoms with Gasteiger partial charge >= 0.3 is 12.2 Å². The maximum atomic E-state index is 13.8. The molecule has 1 aliphatic heterocycles. The van der Waals surface area contributed by atoms with Gasteiger partial charge in [0.1, 0.15) is 0 Å². The molecule has 1 fully saturated rings. The predicted molar refractivity (Wildman–Crippen MR) is 93.0 cm³/mol. The molecule has 148 valence electrons.